The molecule has 1 saturated carbocycles. The summed E-state index contributed by atoms with van der Waals surface area (Å²) in [5, 5.41) is 3.29. The van der Waals surface area contributed by atoms with Gasteiger partial charge in [0.2, 0.25) is 5.91 Å². The van der Waals surface area contributed by atoms with Crippen molar-refractivity contribution in [1.82, 2.24) is 19.8 Å². The lowest BCUT2D eigenvalue weighted by Gasteiger charge is -2.44. The molecule has 2 aromatic rings. The van der Waals surface area contributed by atoms with Gasteiger partial charge in [-0.2, -0.15) is 0 Å². The highest BCUT2D eigenvalue weighted by Crippen LogP contribution is 2.32. The van der Waals surface area contributed by atoms with Crippen LogP contribution in [0.25, 0.3) is 11.0 Å². The summed E-state index contributed by atoms with van der Waals surface area (Å²) in [6.45, 7) is 7.13. The summed E-state index contributed by atoms with van der Waals surface area (Å²) in [5.74, 6) is 0.714. The number of imidazole rings is 1. The van der Waals surface area contributed by atoms with Gasteiger partial charge in [-0.1, -0.05) is 38.8 Å². The van der Waals surface area contributed by atoms with Gasteiger partial charge in [0.25, 0.3) is 5.91 Å². The van der Waals surface area contributed by atoms with E-state index in [-0.39, 0.29) is 17.9 Å². The number of carbonyl (C=O) groups excluding carboxylic acids is 2. The summed E-state index contributed by atoms with van der Waals surface area (Å²) < 4.78 is 1.92. The quantitative estimate of drug-likeness (QED) is 0.882. The van der Waals surface area contributed by atoms with Gasteiger partial charge in [-0.3, -0.25) is 9.59 Å². The van der Waals surface area contributed by atoms with Crippen LogP contribution in [0.2, 0.25) is 0 Å². The third kappa shape index (κ3) is 2.99. The van der Waals surface area contributed by atoms with E-state index in [1.165, 1.54) is 6.42 Å². The lowest BCUT2D eigenvalue weighted by molar-refractivity contribution is -0.134. The smallest absolute Gasteiger partial charge is 0.290 e. The molecule has 1 aromatic carbocycles. The Morgan fingerprint density at radius 3 is 2.79 bits per heavy atom. The van der Waals surface area contributed by atoms with Gasteiger partial charge in [0, 0.05) is 12.6 Å². The first-order chi connectivity index (χ1) is 13.5. The lowest BCUT2D eigenvalue weighted by Crippen LogP contribution is -2.65. The number of para-hydroxylation sites is 2. The summed E-state index contributed by atoms with van der Waals surface area (Å²) in [6.07, 6.45) is 5.35. The molecule has 6 heteroatoms. The van der Waals surface area contributed by atoms with Crippen LogP contribution in [0.1, 0.15) is 63.5 Å². The maximum Gasteiger partial charge on any atom is 0.290 e. The van der Waals surface area contributed by atoms with Crippen molar-refractivity contribution in [2.75, 3.05) is 6.54 Å². The monoisotopic (exact) mass is 382 g/mol. The van der Waals surface area contributed by atoms with E-state index in [2.05, 4.69) is 17.2 Å². The molecule has 1 aliphatic carbocycles. The average molecular weight is 383 g/mol. The highest BCUT2D eigenvalue weighted by molar-refractivity contribution is 6.01. The topological polar surface area (TPSA) is 67.2 Å². The van der Waals surface area contributed by atoms with Crippen molar-refractivity contribution in [2.24, 2.45) is 5.92 Å². The van der Waals surface area contributed by atoms with Crippen LogP contribution in [-0.4, -0.2) is 44.4 Å². The molecule has 1 aliphatic heterocycles. The summed E-state index contributed by atoms with van der Waals surface area (Å²) in [5.41, 5.74) is 0.792. The van der Waals surface area contributed by atoms with Crippen LogP contribution >= 0.6 is 0 Å². The van der Waals surface area contributed by atoms with E-state index >= 15 is 0 Å². The number of carbonyl (C=O) groups is 2. The molecule has 4 rings (SSSR count). The van der Waals surface area contributed by atoms with E-state index in [0.717, 1.165) is 36.7 Å². The summed E-state index contributed by atoms with van der Waals surface area (Å²) >= 11 is 0. The van der Waals surface area contributed by atoms with Crippen molar-refractivity contribution in [3.05, 3.63) is 30.1 Å². The summed E-state index contributed by atoms with van der Waals surface area (Å²) in [7, 11) is 0. The fourth-order valence-electron chi connectivity index (χ4n) is 4.76. The van der Waals surface area contributed by atoms with Crippen molar-refractivity contribution in [1.29, 1.82) is 0 Å². The molecule has 0 spiro atoms. The first-order valence-electron chi connectivity index (χ1n) is 10.5. The molecule has 150 valence electrons. The molecule has 0 unspecified atom stereocenters. The molecule has 0 radical (unpaired) electrons. The zero-order chi connectivity index (χ0) is 19.9. The van der Waals surface area contributed by atoms with Gasteiger partial charge in [-0.05, 0) is 44.2 Å². The molecule has 1 fully saturated rings. The Balaban J connectivity index is 1.71. The second-order valence-corrected chi connectivity index (χ2v) is 8.58. The minimum absolute atomic E-state index is 0.0449. The first kappa shape index (κ1) is 19.0. The van der Waals surface area contributed by atoms with E-state index in [0.29, 0.717) is 24.8 Å². The Kier molecular flexibility index (Phi) is 4.89. The SMILES string of the molecule is CCCN1C(=O)c2nc3ccccc3n2C[C@]1(C)C(=O)N[C@H]1CCCC[C@H]1C. The molecule has 6 nitrogen and oxygen atoms in total. The standard InChI is InChI=1S/C22H30N4O2/c1-4-13-26-20(27)19-23-17-11-7-8-12-18(17)25(19)14-22(26,3)21(28)24-16-10-6-5-9-15(16)2/h7-8,11-12,15-16H,4-6,9-10,13-14H2,1-3H3,(H,24,28)/t15-,16+,22-/m1/s1. The Morgan fingerprint density at radius 1 is 1.29 bits per heavy atom. The van der Waals surface area contributed by atoms with Crippen LogP contribution in [0.4, 0.5) is 0 Å². The number of aromatic nitrogens is 2. The second-order valence-electron chi connectivity index (χ2n) is 8.58. The molecule has 0 saturated heterocycles. The van der Waals surface area contributed by atoms with Crippen LogP contribution in [0.3, 0.4) is 0 Å². The van der Waals surface area contributed by atoms with Crippen molar-refractivity contribution < 1.29 is 9.59 Å². The first-order valence-corrected chi connectivity index (χ1v) is 10.5. The predicted molar refractivity (Wildman–Crippen MR) is 109 cm³/mol. The molecule has 0 bridgehead atoms. The van der Waals surface area contributed by atoms with E-state index in [9.17, 15) is 9.59 Å². The highest BCUT2D eigenvalue weighted by atomic mass is 16.2. The normalized spacial score (nSPS) is 27.7. The van der Waals surface area contributed by atoms with Crippen LogP contribution in [0.5, 0.6) is 0 Å². The van der Waals surface area contributed by atoms with E-state index in [4.69, 9.17) is 0 Å². The third-order valence-corrected chi connectivity index (χ3v) is 6.52. The molecular weight excluding hydrogens is 352 g/mol. The molecule has 28 heavy (non-hydrogen) atoms. The number of amides is 2. The Hall–Kier alpha value is -2.37. The second kappa shape index (κ2) is 7.22. The van der Waals surface area contributed by atoms with Crippen molar-refractivity contribution >= 4 is 22.8 Å². The largest absolute Gasteiger partial charge is 0.351 e. The van der Waals surface area contributed by atoms with Crippen LogP contribution in [-0.2, 0) is 11.3 Å². The molecule has 2 heterocycles. The number of rotatable bonds is 4. The van der Waals surface area contributed by atoms with Gasteiger partial charge in [-0.15, -0.1) is 0 Å². The number of fused-ring (bicyclic) bond motifs is 3. The van der Waals surface area contributed by atoms with E-state index in [1.54, 1.807) is 4.90 Å². The Bertz CT molecular complexity index is 905. The number of nitrogens with zero attached hydrogens (tertiary/aromatic N) is 3. The minimum atomic E-state index is -0.916. The maximum absolute atomic E-state index is 13.5. The molecule has 2 amide bonds. The van der Waals surface area contributed by atoms with Crippen molar-refractivity contribution in [3.8, 4) is 0 Å². The molecule has 2 aliphatic rings. The minimum Gasteiger partial charge on any atom is -0.351 e. The van der Waals surface area contributed by atoms with Gasteiger partial charge in [0.1, 0.15) is 5.54 Å². The predicted octanol–water partition coefficient (Wildman–Crippen LogP) is 3.36. The zero-order valence-electron chi connectivity index (χ0n) is 17.1. The third-order valence-electron chi connectivity index (χ3n) is 6.52. The number of hydrogen-bond donors (Lipinski definition) is 1. The van der Waals surface area contributed by atoms with E-state index < -0.39 is 5.54 Å². The summed E-state index contributed by atoms with van der Waals surface area (Å²) in [6, 6.07) is 7.94. The zero-order valence-corrected chi connectivity index (χ0v) is 17.1. The fourth-order valence-corrected chi connectivity index (χ4v) is 4.76. The van der Waals surface area contributed by atoms with E-state index in [1.807, 2.05) is 42.7 Å². The van der Waals surface area contributed by atoms with Gasteiger partial charge >= 0.3 is 0 Å². The molecule has 1 N–H and O–H groups in total. The van der Waals surface area contributed by atoms with Gasteiger partial charge in [0.05, 0.1) is 17.6 Å². The van der Waals surface area contributed by atoms with Gasteiger partial charge in [0.15, 0.2) is 5.82 Å². The molecule has 1 aromatic heterocycles. The lowest BCUT2D eigenvalue weighted by atomic mass is 9.85. The highest BCUT2D eigenvalue weighted by Gasteiger charge is 2.48. The summed E-state index contributed by atoms with van der Waals surface area (Å²) in [4.78, 5) is 33.1. The Labute approximate surface area is 166 Å². The number of benzene rings is 1. The van der Waals surface area contributed by atoms with Gasteiger partial charge in [-0.25, -0.2) is 4.98 Å². The molecule has 3 atom stereocenters. The van der Waals surface area contributed by atoms with Crippen LogP contribution < -0.4 is 5.32 Å². The number of hydrogen-bond acceptors (Lipinski definition) is 3. The van der Waals surface area contributed by atoms with Crippen LogP contribution in [0.15, 0.2) is 24.3 Å². The van der Waals surface area contributed by atoms with Crippen molar-refractivity contribution in [3.63, 3.8) is 0 Å². The number of nitrogens with one attached hydrogen (secondary N) is 1. The van der Waals surface area contributed by atoms with Crippen LogP contribution in [0, 0.1) is 5.92 Å². The Morgan fingerprint density at radius 2 is 2.04 bits per heavy atom. The van der Waals surface area contributed by atoms with Crippen molar-refractivity contribution in [2.45, 2.75) is 71.0 Å². The average Bonchev–Trinajstić information content (AvgIpc) is 3.05. The fraction of sp³-hybridized carbons (Fsp3) is 0.591. The van der Waals surface area contributed by atoms with Gasteiger partial charge < -0.3 is 14.8 Å². The molecular formula is C22H30N4O2. The maximum atomic E-state index is 13.5.